The molecule has 4 heteroatoms. The van der Waals surface area contributed by atoms with E-state index in [1.54, 1.807) is 0 Å². The van der Waals surface area contributed by atoms with Crippen molar-refractivity contribution < 1.29 is 9.47 Å². The summed E-state index contributed by atoms with van der Waals surface area (Å²) < 4.78 is 12.1. The minimum absolute atomic E-state index is 0.498. The Kier molecular flexibility index (Phi) is 6.50. The predicted octanol–water partition coefficient (Wildman–Crippen LogP) is 4.41. The van der Waals surface area contributed by atoms with Crippen LogP contribution in [0.15, 0.2) is 48.5 Å². The average Bonchev–Trinajstić information content (AvgIpc) is 2.71. The number of hydrogen-bond acceptors (Lipinski definition) is 4. The van der Waals surface area contributed by atoms with Crippen molar-refractivity contribution in [3.8, 4) is 11.5 Å². The van der Waals surface area contributed by atoms with Crippen LogP contribution in [0.4, 0.5) is 0 Å². The standard InChI is InChI=1S/C24H32N2O2/c1-2-27-23-17-21(11-12-22(23)28-18-19-7-4-3-5-8-19)24(20-9-6-10-20)26-15-13-25-14-16-26/h3-5,7-8,11-12,17,20,24-25H,2,6,9-10,13-16,18H2,1H3/t24-/m1/s1. The number of rotatable bonds is 8. The summed E-state index contributed by atoms with van der Waals surface area (Å²) in [6.45, 7) is 7.65. The zero-order chi connectivity index (χ0) is 19.2. The topological polar surface area (TPSA) is 33.7 Å². The minimum atomic E-state index is 0.498. The van der Waals surface area contributed by atoms with E-state index in [1.807, 2.05) is 25.1 Å². The van der Waals surface area contributed by atoms with Crippen molar-refractivity contribution in [1.82, 2.24) is 10.2 Å². The molecular formula is C24H32N2O2. The fourth-order valence-electron chi connectivity index (χ4n) is 4.33. The Morgan fingerprint density at radius 3 is 2.46 bits per heavy atom. The highest BCUT2D eigenvalue weighted by Gasteiger charge is 2.34. The Balaban J connectivity index is 1.55. The highest BCUT2D eigenvalue weighted by Crippen LogP contribution is 2.43. The molecule has 1 N–H and O–H groups in total. The van der Waals surface area contributed by atoms with Crippen LogP contribution in [0.25, 0.3) is 0 Å². The van der Waals surface area contributed by atoms with Gasteiger partial charge in [0, 0.05) is 32.2 Å². The van der Waals surface area contributed by atoms with Gasteiger partial charge in [0.25, 0.3) is 0 Å². The fraction of sp³-hybridized carbons (Fsp3) is 0.500. The van der Waals surface area contributed by atoms with Gasteiger partial charge >= 0.3 is 0 Å². The van der Waals surface area contributed by atoms with Crippen molar-refractivity contribution in [2.45, 2.75) is 38.8 Å². The maximum Gasteiger partial charge on any atom is 0.161 e. The number of nitrogens with one attached hydrogen (secondary N) is 1. The molecule has 1 saturated carbocycles. The second-order valence-corrected chi connectivity index (χ2v) is 7.84. The first-order valence-corrected chi connectivity index (χ1v) is 10.7. The number of hydrogen-bond donors (Lipinski definition) is 1. The molecule has 2 fully saturated rings. The molecule has 1 aliphatic carbocycles. The van der Waals surface area contributed by atoms with Crippen LogP contribution < -0.4 is 14.8 Å². The third-order valence-corrected chi connectivity index (χ3v) is 5.99. The molecule has 1 atom stereocenters. The monoisotopic (exact) mass is 380 g/mol. The van der Waals surface area contributed by atoms with Gasteiger partial charge in [-0.15, -0.1) is 0 Å². The lowest BCUT2D eigenvalue weighted by Gasteiger charge is -2.43. The maximum atomic E-state index is 6.11. The molecule has 0 amide bonds. The van der Waals surface area contributed by atoms with E-state index >= 15 is 0 Å². The van der Waals surface area contributed by atoms with E-state index in [1.165, 1.54) is 30.4 Å². The minimum Gasteiger partial charge on any atom is -0.490 e. The summed E-state index contributed by atoms with van der Waals surface area (Å²) in [5.74, 6) is 2.47. The molecule has 2 aromatic rings. The molecule has 2 aliphatic rings. The summed E-state index contributed by atoms with van der Waals surface area (Å²) in [6, 6.07) is 17.4. The molecule has 1 saturated heterocycles. The molecule has 0 aromatic heterocycles. The van der Waals surface area contributed by atoms with Gasteiger partial charge in [-0.3, -0.25) is 4.90 Å². The van der Waals surface area contributed by atoms with Crippen molar-refractivity contribution in [3.63, 3.8) is 0 Å². The van der Waals surface area contributed by atoms with Gasteiger partial charge in [-0.1, -0.05) is 42.8 Å². The van der Waals surface area contributed by atoms with Crippen LogP contribution in [0.3, 0.4) is 0 Å². The van der Waals surface area contributed by atoms with E-state index in [0.717, 1.165) is 43.6 Å². The van der Waals surface area contributed by atoms with Gasteiger partial charge in [-0.05, 0) is 48.9 Å². The highest BCUT2D eigenvalue weighted by molar-refractivity contribution is 5.44. The van der Waals surface area contributed by atoms with Gasteiger partial charge in [-0.25, -0.2) is 0 Å². The molecule has 0 radical (unpaired) electrons. The largest absolute Gasteiger partial charge is 0.490 e. The molecule has 4 nitrogen and oxygen atoms in total. The Hall–Kier alpha value is -2.04. The molecular weight excluding hydrogens is 348 g/mol. The van der Waals surface area contributed by atoms with Crippen molar-refractivity contribution in [2.24, 2.45) is 5.92 Å². The molecule has 0 bridgehead atoms. The number of ether oxygens (including phenoxy) is 2. The van der Waals surface area contributed by atoms with Crippen molar-refractivity contribution in [1.29, 1.82) is 0 Å². The molecule has 0 unspecified atom stereocenters. The van der Waals surface area contributed by atoms with Gasteiger partial charge in [0.15, 0.2) is 11.5 Å². The third kappa shape index (κ3) is 4.50. The first-order valence-electron chi connectivity index (χ1n) is 10.7. The predicted molar refractivity (Wildman–Crippen MR) is 113 cm³/mol. The zero-order valence-corrected chi connectivity index (χ0v) is 16.9. The average molecular weight is 381 g/mol. The Morgan fingerprint density at radius 2 is 1.79 bits per heavy atom. The number of benzene rings is 2. The SMILES string of the molecule is CCOc1cc([C@@H](C2CCC2)N2CCNCC2)ccc1OCc1ccccc1. The maximum absolute atomic E-state index is 6.11. The van der Waals surface area contributed by atoms with Gasteiger partial charge in [0.2, 0.25) is 0 Å². The summed E-state index contributed by atoms with van der Waals surface area (Å²) in [4.78, 5) is 2.66. The fourth-order valence-corrected chi connectivity index (χ4v) is 4.33. The summed E-state index contributed by atoms with van der Waals surface area (Å²) in [7, 11) is 0. The van der Waals surface area contributed by atoms with Gasteiger partial charge in [-0.2, -0.15) is 0 Å². The van der Waals surface area contributed by atoms with Crippen LogP contribution in [-0.2, 0) is 6.61 Å². The second kappa shape index (κ2) is 9.44. The summed E-state index contributed by atoms with van der Waals surface area (Å²) in [5, 5.41) is 3.48. The smallest absolute Gasteiger partial charge is 0.161 e. The first-order chi connectivity index (χ1) is 13.8. The molecule has 28 heavy (non-hydrogen) atoms. The van der Waals surface area contributed by atoms with Crippen LogP contribution in [0.2, 0.25) is 0 Å². The van der Waals surface area contributed by atoms with E-state index < -0.39 is 0 Å². The van der Waals surface area contributed by atoms with Crippen LogP contribution in [0, 0.1) is 5.92 Å². The van der Waals surface area contributed by atoms with E-state index in [-0.39, 0.29) is 0 Å². The van der Waals surface area contributed by atoms with Gasteiger partial charge in [0.05, 0.1) is 6.61 Å². The van der Waals surface area contributed by atoms with Crippen molar-refractivity contribution >= 4 is 0 Å². The normalized spacial score (nSPS) is 19.0. The van der Waals surface area contributed by atoms with E-state index in [9.17, 15) is 0 Å². The molecule has 2 aromatic carbocycles. The Labute approximate surface area is 168 Å². The molecule has 1 aliphatic heterocycles. The number of nitrogens with zero attached hydrogens (tertiary/aromatic N) is 1. The van der Waals surface area contributed by atoms with Crippen LogP contribution in [0.5, 0.6) is 11.5 Å². The summed E-state index contributed by atoms with van der Waals surface area (Å²) in [5.41, 5.74) is 2.55. The Bertz CT molecular complexity index is 740. The lowest BCUT2D eigenvalue weighted by atomic mass is 9.76. The Morgan fingerprint density at radius 1 is 1.00 bits per heavy atom. The van der Waals surface area contributed by atoms with Crippen molar-refractivity contribution in [2.75, 3.05) is 32.8 Å². The third-order valence-electron chi connectivity index (χ3n) is 5.99. The second-order valence-electron chi connectivity index (χ2n) is 7.84. The van der Waals surface area contributed by atoms with E-state index in [0.29, 0.717) is 19.3 Å². The van der Waals surface area contributed by atoms with Crippen LogP contribution in [-0.4, -0.2) is 37.7 Å². The lowest BCUT2D eigenvalue weighted by Crippen LogP contribution is -2.47. The molecule has 150 valence electrons. The molecule has 1 heterocycles. The van der Waals surface area contributed by atoms with Crippen LogP contribution >= 0.6 is 0 Å². The molecule has 4 rings (SSSR count). The van der Waals surface area contributed by atoms with Gasteiger partial charge < -0.3 is 14.8 Å². The van der Waals surface area contributed by atoms with Crippen molar-refractivity contribution in [3.05, 3.63) is 59.7 Å². The first kappa shape index (κ1) is 19.3. The quantitative estimate of drug-likeness (QED) is 0.735. The van der Waals surface area contributed by atoms with Gasteiger partial charge in [0.1, 0.15) is 6.61 Å². The van der Waals surface area contributed by atoms with Crippen LogP contribution in [0.1, 0.15) is 43.4 Å². The lowest BCUT2D eigenvalue weighted by molar-refractivity contribution is 0.0834. The number of piperazine rings is 1. The zero-order valence-electron chi connectivity index (χ0n) is 16.9. The summed E-state index contributed by atoms with van der Waals surface area (Å²) >= 11 is 0. The molecule has 0 spiro atoms. The van der Waals surface area contributed by atoms with E-state index in [2.05, 4.69) is 40.5 Å². The van der Waals surface area contributed by atoms with E-state index in [4.69, 9.17) is 9.47 Å². The highest BCUT2D eigenvalue weighted by atomic mass is 16.5. The summed E-state index contributed by atoms with van der Waals surface area (Å²) in [6.07, 6.45) is 4.04.